The Labute approximate surface area is 143 Å². The minimum atomic E-state index is -0.961. The second kappa shape index (κ2) is 6.12. The predicted octanol–water partition coefficient (Wildman–Crippen LogP) is 0.347. The lowest BCUT2D eigenvalue weighted by atomic mass is 9.79. The number of carbonyl (C=O) groups is 1. The maximum absolute atomic E-state index is 12.5. The minimum absolute atomic E-state index is 0.165. The summed E-state index contributed by atoms with van der Waals surface area (Å²) in [5, 5.41) is 20.5. The summed E-state index contributed by atoms with van der Waals surface area (Å²) in [4.78, 5) is 16.7. The van der Waals surface area contributed by atoms with Gasteiger partial charge in [-0.25, -0.2) is 0 Å². The molecule has 0 saturated heterocycles. The number of benzene rings is 1. The number of rotatable bonds is 3. The number of carbonyl (C=O) groups excluding carboxylic acids is 1. The van der Waals surface area contributed by atoms with Crippen LogP contribution in [0.3, 0.4) is 0 Å². The van der Waals surface area contributed by atoms with Gasteiger partial charge in [0.15, 0.2) is 5.82 Å². The standard InChI is InChI=1S/C16H14BN5O3/c1-22-14(13-4-2-3-7-18-13)20-21-15(22)16(23)19-11-6-5-10-9-25-17(24)12(10)8-11/h2-8,24H,9H2,1H3,(H,19,23). The maximum atomic E-state index is 12.5. The van der Waals surface area contributed by atoms with Gasteiger partial charge in [0, 0.05) is 18.9 Å². The highest BCUT2D eigenvalue weighted by atomic mass is 16.5. The van der Waals surface area contributed by atoms with Crippen molar-refractivity contribution in [3.63, 3.8) is 0 Å². The van der Waals surface area contributed by atoms with E-state index in [-0.39, 0.29) is 5.82 Å². The molecule has 0 aliphatic carbocycles. The molecule has 1 amide bonds. The number of hydrogen-bond acceptors (Lipinski definition) is 6. The number of aromatic nitrogens is 4. The summed E-state index contributed by atoms with van der Waals surface area (Å²) in [5.41, 5.74) is 2.75. The van der Waals surface area contributed by atoms with Gasteiger partial charge < -0.3 is 19.6 Å². The van der Waals surface area contributed by atoms with Crippen LogP contribution in [0.4, 0.5) is 5.69 Å². The summed E-state index contributed by atoms with van der Waals surface area (Å²) < 4.78 is 6.74. The third-order valence-corrected chi connectivity index (χ3v) is 4.04. The molecular formula is C16H14BN5O3. The topological polar surface area (TPSA) is 102 Å². The first-order valence-corrected chi connectivity index (χ1v) is 7.68. The van der Waals surface area contributed by atoms with Crippen molar-refractivity contribution < 1.29 is 14.5 Å². The van der Waals surface area contributed by atoms with Crippen LogP contribution in [0.1, 0.15) is 16.2 Å². The highest BCUT2D eigenvalue weighted by Gasteiger charge is 2.27. The van der Waals surface area contributed by atoms with Crippen molar-refractivity contribution in [2.75, 3.05) is 5.32 Å². The van der Waals surface area contributed by atoms with Crippen molar-refractivity contribution in [2.45, 2.75) is 6.61 Å². The molecule has 0 fully saturated rings. The Morgan fingerprint density at radius 3 is 3.00 bits per heavy atom. The average molecular weight is 335 g/mol. The summed E-state index contributed by atoms with van der Waals surface area (Å²) >= 11 is 0. The molecule has 0 atom stereocenters. The zero-order valence-electron chi connectivity index (χ0n) is 13.4. The molecule has 2 N–H and O–H groups in total. The van der Waals surface area contributed by atoms with Crippen molar-refractivity contribution in [3.8, 4) is 11.5 Å². The monoisotopic (exact) mass is 335 g/mol. The molecule has 4 rings (SSSR count). The third kappa shape index (κ3) is 2.79. The molecular weight excluding hydrogens is 321 g/mol. The van der Waals surface area contributed by atoms with Gasteiger partial charge in [0.2, 0.25) is 5.82 Å². The molecule has 1 aliphatic rings. The second-order valence-corrected chi connectivity index (χ2v) is 5.65. The molecule has 25 heavy (non-hydrogen) atoms. The van der Waals surface area contributed by atoms with Crippen LogP contribution in [0, 0.1) is 0 Å². The van der Waals surface area contributed by atoms with E-state index in [4.69, 9.17) is 4.65 Å². The molecule has 3 aromatic rings. The molecule has 124 valence electrons. The van der Waals surface area contributed by atoms with Crippen LogP contribution in [0.5, 0.6) is 0 Å². The van der Waals surface area contributed by atoms with Gasteiger partial charge in [0.05, 0.1) is 6.61 Å². The Bertz CT molecular complexity index is 944. The summed E-state index contributed by atoms with van der Waals surface area (Å²) in [7, 11) is 0.747. The number of pyridine rings is 1. The SMILES string of the molecule is Cn1c(C(=O)Nc2ccc3c(c2)B(O)OC3)nnc1-c1ccccn1. The Kier molecular flexibility index (Phi) is 3.79. The molecule has 0 radical (unpaired) electrons. The Balaban J connectivity index is 1.58. The fourth-order valence-electron chi connectivity index (χ4n) is 2.72. The van der Waals surface area contributed by atoms with E-state index < -0.39 is 13.0 Å². The van der Waals surface area contributed by atoms with Crippen LogP contribution in [-0.4, -0.2) is 37.8 Å². The van der Waals surface area contributed by atoms with E-state index in [9.17, 15) is 9.82 Å². The van der Waals surface area contributed by atoms with Crippen molar-refractivity contribution in [2.24, 2.45) is 7.05 Å². The highest BCUT2D eigenvalue weighted by molar-refractivity contribution is 6.61. The van der Waals surface area contributed by atoms with Crippen LogP contribution < -0.4 is 10.8 Å². The van der Waals surface area contributed by atoms with Crippen LogP contribution in [0.15, 0.2) is 42.6 Å². The molecule has 8 nitrogen and oxygen atoms in total. The number of nitrogens with one attached hydrogen (secondary N) is 1. The first-order valence-electron chi connectivity index (χ1n) is 7.68. The van der Waals surface area contributed by atoms with Gasteiger partial charge in [0.25, 0.3) is 5.91 Å². The fourth-order valence-corrected chi connectivity index (χ4v) is 2.72. The fraction of sp³-hybridized carbons (Fsp3) is 0.125. The molecule has 9 heteroatoms. The van der Waals surface area contributed by atoms with E-state index in [0.29, 0.717) is 29.3 Å². The lowest BCUT2D eigenvalue weighted by molar-refractivity contribution is 0.101. The maximum Gasteiger partial charge on any atom is 0.491 e. The zero-order chi connectivity index (χ0) is 17.4. The van der Waals surface area contributed by atoms with Gasteiger partial charge in [-0.2, -0.15) is 0 Å². The Morgan fingerprint density at radius 1 is 1.32 bits per heavy atom. The molecule has 1 aromatic carbocycles. The van der Waals surface area contributed by atoms with Gasteiger partial charge in [-0.05, 0) is 35.3 Å². The smallest absolute Gasteiger partial charge is 0.423 e. The lowest BCUT2D eigenvalue weighted by Crippen LogP contribution is -2.28. The molecule has 0 unspecified atom stereocenters. The first kappa shape index (κ1) is 15.5. The number of fused-ring (bicyclic) bond motifs is 1. The van der Waals surface area contributed by atoms with Crippen LogP contribution >= 0.6 is 0 Å². The van der Waals surface area contributed by atoms with Crippen molar-refractivity contribution in [3.05, 3.63) is 54.0 Å². The van der Waals surface area contributed by atoms with Gasteiger partial charge in [-0.15, -0.1) is 10.2 Å². The van der Waals surface area contributed by atoms with E-state index >= 15 is 0 Å². The molecule has 0 saturated carbocycles. The van der Waals surface area contributed by atoms with Crippen LogP contribution in [-0.2, 0) is 18.3 Å². The summed E-state index contributed by atoms with van der Waals surface area (Å²) in [6.07, 6.45) is 1.65. The van der Waals surface area contributed by atoms with Crippen molar-refractivity contribution in [1.29, 1.82) is 0 Å². The van der Waals surface area contributed by atoms with Gasteiger partial charge in [-0.1, -0.05) is 12.1 Å². The lowest BCUT2D eigenvalue weighted by Gasteiger charge is -2.07. The largest absolute Gasteiger partial charge is 0.491 e. The number of hydrogen-bond donors (Lipinski definition) is 2. The van der Waals surface area contributed by atoms with Crippen molar-refractivity contribution in [1.82, 2.24) is 19.7 Å². The molecule has 3 heterocycles. The normalized spacial score (nSPS) is 13.0. The second-order valence-electron chi connectivity index (χ2n) is 5.65. The molecule has 0 spiro atoms. The summed E-state index contributed by atoms with van der Waals surface area (Å²) in [5.74, 6) is 0.270. The zero-order valence-corrected chi connectivity index (χ0v) is 13.4. The number of anilines is 1. The molecule has 1 aliphatic heterocycles. The molecule has 2 aromatic heterocycles. The van der Waals surface area contributed by atoms with Gasteiger partial charge in [0.1, 0.15) is 5.69 Å². The quantitative estimate of drug-likeness (QED) is 0.670. The van der Waals surface area contributed by atoms with Crippen LogP contribution in [0.25, 0.3) is 11.5 Å². The van der Waals surface area contributed by atoms with Crippen molar-refractivity contribution >= 4 is 24.2 Å². The first-order chi connectivity index (χ1) is 12.1. The number of nitrogens with zero attached hydrogens (tertiary/aromatic N) is 4. The number of amides is 1. The minimum Gasteiger partial charge on any atom is -0.423 e. The van der Waals surface area contributed by atoms with E-state index in [0.717, 1.165) is 5.56 Å². The van der Waals surface area contributed by atoms with E-state index in [2.05, 4.69) is 20.5 Å². The Morgan fingerprint density at radius 2 is 2.20 bits per heavy atom. The van der Waals surface area contributed by atoms with E-state index in [1.54, 1.807) is 42.1 Å². The summed E-state index contributed by atoms with van der Waals surface area (Å²) in [6, 6.07) is 10.7. The Hall–Kier alpha value is -3.04. The van der Waals surface area contributed by atoms with Crippen LogP contribution in [0.2, 0.25) is 0 Å². The average Bonchev–Trinajstić information content (AvgIpc) is 3.19. The predicted molar refractivity (Wildman–Crippen MR) is 91.0 cm³/mol. The molecule has 0 bridgehead atoms. The van der Waals surface area contributed by atoms with Gasteiger partial charge in [-0.3, -0.25) is 9.78 Å². The highest BCUT2D eigenvalue weighted by Crippen LogP contribution is 2.17. The summed E-state index contributed by atoms with van der Waals surface area (Å²) in [6.45, 7) is 0.363. The van der Waals surface area contributed by atoms with E-state index in [1.165, 1.54) is 0 Å². The third-order valence-electron chi connectivity index (χ3n) is 4.04. The van der Waals surface area contributed by atoms with E-state index in [1.807, 2.05) is 12.1 Å². The van der Waals surface area contributed by atoms with Gasteiger partial charge >= 0.3 is 7.12 Å².